The van der Waals surface area contributed by atoms with Crippen LogP contribution in [0.4, 0.5) is 0 Å². The number of rotatable bonds is 5. The molecule has 1 aromatic rings. The van der Waals surface area contributed by atoms with E-state index in [1.807, 2.05) is 6.92 Å². The molecule has 0 N–H and O–H groups in total. The molecule has 0 unspecified atom stereocenters. The first-order valence-electron chi connectivity index (χ1n) is 6.63. The molecule has 2 rings (SSSR count). The molecule has 21 heavy (non-hydrogen) atoms. The minimum absolute atomic E-state index is 0.0479. The average molecular weight is 348 g/mol. The third-order valence-corrected chi connectivity index (χ3v) is 6.30. The lowest BCUT2D eigenvalue weighted by Crippen LogP contribution is -2.35. The summed E-state index contributed by atoms with van der Waals surface area (Å²) in [6.07, 6.45) is 3.84. The van der Waals surface area contributed by atoms with Crippen LogP contribution in [0.5, 0.6) is 0 Å². The van der Waals surface area contributed by atoms with Gasteiger partial charge in [-0.3, -0.25) is 4.79 Å². The van der Waals surface area contributed by atoms with Gasteiger partial charge in [0, 0.05) is 34.4 Å². The maximum absolute atomic E-state index is 12.1. The maximum atomic E-state index is 12.1. The van der Waals surface area contributed by atoms with Crippen molar-refractivity contribution in [2.45, 2.75) is 42.2 Å². The second-order valence-corrected chi connectivity index (χ2v) is 8.61. The summed E-state index contributed by atoms with van der Waals surface area (Å²) in [5.41, 5.74) is 1.40. The number of hydrogen-bond donors (Lipinski definition) is 0. The molecule has 1 aromatic carbocycles. The molecule has 0 heterocycles. The largest absolute Gasteiger partial charge is 0.470 e. The molecule has 1 aliphatic rings. The molecule has 0 radical (unpaired) electrons. The quantitative estimate of drug-likeness (QED) is 0.606. The Hall–Kier alpha value is -0.850. The highest BCUT2D eigenvalue weighted by Gasteiger charge is 2.54. The Morgan fingerprint density at radius 3 is 2.33 bits per heavy atom. The van der Waals surface area contributed by atoms with Crippen LogP contribution in [-0.2, 0) is 36.9 Å². The van der Waals surface area contributed by atoms with E-state index in [0.29, 0.717) is 42.1 Å². The van der Waals surface area contributed by atoms with Crippen molar-refractivity contribution >= 4 is 38.3 Å². The van der Waals surface area contributed by atoms with Crippen LogP contribution >= 0.6 is 11.6 Å². The predicted octanol–water partition coefficient (Wildman–Crippen LogP) is 2.84. The second kappa shape index (κ2) is 5.74. The third-order valence-electron chi connectivity index (χ3n) is 4.01. The number of carbonyl (C=O) groups is 1. The fourth-order valence-corrected chi connectivity index (χ4v) is 4.60. The van der Waals surface area contributed by atoms with Crippen LogP contribution in [0.2, 0.25) is 0 Å². The number of carbonyl (C=O) groups excluding carboxylic acids is 1. The number of sulfone groups is 1. The fourth-order valence-electron chi connectivity index (χ4n) is 2.66. The van der Waals surface area contributed by atoms with Gasteiger partial charge in [0.2, 0.25) is 0 Å². The highest BCUT2D eigenvalue weighted by Crippen LogP contribution is 2.46. The first-order chi connectivity index (χ1) is 9.75. The number of halogens is 1. The molecular formula is C14H16ClO4S2+. The van der Waals surface area contributed by atoms with E-state index in [4.69, 9.17) is 11.6 Å². The number of benzene rings is 1. The minimum Gasteiger partial charge on any atom is -0.276 e. The van der Waals surface area contributed by atoms with Crippen molar-refractivity contribution in [3.05, 3.63) is 28.8 Å². The summed E-state index contributed by atoms with van der Waals surface area (Å²) in [6.45, 7) is 1.86. The van der Waals surface area contributed by atoms with Crippen LogP contribution in [-0.4, -0.2) is 19.9 Å². The molecule has 0 amide bonds. The second-order valence-electron chi connectivity index (χ2n) is 5.34. The lowest BCUT2D eigenvalue weighted by Gasteiger charge is -2.28. The van der Waals surface area contributed by atoms with E-state index < -0.39 is 19.8 Å². The molecule has 0 aromatic heterocycles. The van der Waals surface area contributed by atoms with E-state index in [9.17, 15) is 17.4 Å². The zero-order valence-electron chi connectivity index (χ0n) is 11.8. The van der Waals surface area contributed by atoms with Crippen molar-refractivity contribution in [3.63, 3.8) is 0 Å². The summed E-state index contributed by atoms with van der Waals surface area (Å²) in [4.78, 5) is 11.6. The fraction of sp³-hybridized carbons (Fsp3) is 0.500. The molecule has 0 spiro atoms. The molecule has 114 valence electrons. The molecule has 4 nitrogen and oxygen atoms in total. The van der Waals surface area contributed by atoms with E-state index in [0.717, 1.165) is 12.7 Å². The minimum atomic E-state index is -3.55. The van der Waals surface area contributed by atoms with Gasteiger partial charge in [-0.2, -0.15) is 0 Å². The molecular weight excluding hydrogens is 332 g/mol. The van der Waals surface area contributed by atoms with Gasteiger partial charge in [0.25, 0.3) is 9.99 Å². The Balaban J connectivity index is 2.80. The van der Waals surface area contributed by atoms with E-state index in [1.54, 1.807) is 6.07 Å². The zero-order chi connectivity index (χ0) is 15.8. The molecule has 7 heteroatoms. The Labute approximate surface area is 133 Å². The topological polar surface area (TPSA) is 68.3 Å². The van der Waals surface area contributed by atoms with E-state index in [-0.39, 0.29) is 10.5 Å². The molecule has 1 fully saturated rings. The SMILES string of the molecule is CCc1cc(C2([S+]=O)CCC2)c(S(C)(=O)=O)cc1C(=O)Cl. The third kappa shape index (κ3) is 2.89. The van der Waals surface area contributed by atoms with E-state index in [2.05, 4.69) is 0 Å². The Kier molecular flexibility index (Phi) is 4.52. The van der Waals surface area contributed by atoms with Crippen LogP contribution in [0.3, 0.4) is 0 Å². The van der Waals surface area contributed by atoms with Crippen LogP contribution in [0, 0.1) is 0 Å². The first kappa shape index (κ1) is 16.5. The molecule has 0 aliphatic heterocycles. The lowest BCUT2D eigenvalue weighted by molar-refractivity contribution is 0.108. The van der Waals surface area contributed by atoms with Gasteiger partial charge in [0.05, 0.1) is 4.90 Å². The Bertz CT molecular complexity index is 706. The Morgan fingerprint density at radius 1 is 1.38 bits per heavy atom. The van der Waals surface area contributed by atoms with Gasteiger partial charge in [-0.05, 0) is 42.1 Å². The van der Waals surface area contributed by atoms with Crippen LogP contribution < -0.4 is 0 Å². The summed E-state index contributed by atoms with van der Waals surface area (Å²) in [7, 11) is -3.55. The van der Waals surface area contributed by atoms with Gasteiger partial charge in [0.1, 0.15) is 0 Å². The van der Waals surface area contributed by atoms with Gasteiger partial charge >= 0.3 is 11.7 Å². The van der Waals surface area contributed by atoms with Crippen molar-refractivity contribution in [1.82, 2.24) is 0 Å². The molecule has 0 bridgehead atoms. The van der Waals surface area contributed by atoms with Gasteiger partial charge in [-0.25, -0.2) is 8.42 Å². The van der Waals surface area contributed by atoms with Crippen molar-refractivity contribution in [1.29, 1.82) is 0 Å². The highest BCUT2D eigenvalue weighted by molar-refractivity contribution is 7.90. The van der Waals surface area contributed by atoms with Crippen LogP contribution in [0.1, 0.15) is 47.7 Å². The van der Waals surface area contributed by atoms with Crippen molar-refractivity contribution < 1.29 is 17.4 Å². The standard InChI is InChI=1S/C14H16ClO4S2/c1-3-9-7-11(14(20-17)5-4-6-14)12(21(2,18)19)8-10(9)13(15)16/h7-8H,3-6H2,1-2H3/q+1. The molecule has 1 aliphatic carbocycles. The number of aryl methyl sites for hydroxylation is 1. The van der Waals surface area contributed by atoms with Crippen LogP contribution in [0.15, 0.2) is 17.0 Å². The molecule has 1 saturated carbocycles. The highest BCUT2D eigenvalue weighted by atomic mass is 35.5. The van der Waals surface area contributed by atoms with E-state index in [1.165, 1.54) is 6.07 Å². The van der Waals surface area contributed by atoms with Crippen molar-refractivity contribution in [2.24, 2.45) is 0 Å². The summed E-state index contributed by atoms with van der Waals surface area (Å²) in [5, 5.41) is -0.680. The van der Waals surface area contributed by atoms with Crippen LogP contribution in [0.25, 0.3) is 0 Å². The molecule has 0 saturated heterocycles. The predicted molar refractivity (Wildman–Crippen MR) is 82.7 cm³/mol. The van der Waals surface area contributed by atoms with Gasteiger partial charge in [-0.15, -0.1) is 0 Å². The number of hydrogen-bond acceptors (Lipinski definition) is 4. The average Bonchev–Trinajstić information content (AvgIpc) is 2.35. The maximum Gasteiger partial charge on any atom is 0.470 e. The van der Waals surface area contributed by atoms with Crippen molar-refractivity contribution in [2.75, 3.05) is 6.26 Å². The summed E-state index contributed by atoms with van der Waals surface area (Å²) in [5.74, 6) is 0. The molecule has 0 atom stereocenters. The summed E-state index contributed by atoms with van der Waals surface area (Å²) < 4.78 is 35.0. The van der Waals surface area contributed by atoms with Gasteiger partial charge in [0.15, 0.2) is 9.84 Å². The Morgan fingerprint density at radius 2 is 2.00 bits per heavy atom. The van der Waals surface area contributed by atoms with Crippen molar-refractivity contribution in [3.8, 4) is 0 Å². The van der Waals surface area contributed by atoms with Gasteiger partial charge < -0.3 is 0 Å². The first-order valence-corrected chi connectivity index (χ1v) is 9.64. The zero-order valence-corrected chi connectivity index (χ0v) is 14.2. The lowest BCUT2D eigenvalue weighted by atomic mass is 9.78. The summed E-state index contributed by atoms with van der Waals surface area (Å²) >= 11 is 6.00. The monoisotopic (exact) mass is 347 g/mol. The summed E-state index contributed by atoms with van der Waals surface area (Å²) in [6, 6.07) is 3.01. The van der Waals surface area contributed by atoms with E-state index >= 15 is 0 Å². The smallest absolute Gasteiger partial charge is 0.276 e. The van der Waals surface area contributed by atoms with Gasteiger partial charge in [-0.1, -0.05) is 6.92 Å². The normalized spacial score (nSPS) is 17.1.